The molecule has 7 nitrogen and oxygen atoms in total. The summed E-state index contributed by atoms with van der Waals surface area (Å²) in [5.74, 6) is 0.809. The van der Waals surface area contributed by atoms with Gasteiger partial charge in [0.2, 0.25) is 0 Å². The standard InChI is InChI=1S/C18H25N7/c1-4-19-18(21-12-16-8-10-22-24(16)3)20-9-7-15-13-25-11-5-6-14(2)17(25)23-15/h5-6,8,10-11,13H,4,7,9,12H2,1-3H3,(H2,19,20,21). The molecule has 25 heavy (non-hydrogen) atoms. The average molecular weight is 339 g/mol. The zero-order chi connectivity index (χ0) is 17.6. The maximum absolute atomic E-state index is 4.70. The van der Waals surface area contributed by atoms with Crippen molar-refractivity contribution >= 4 is 11.6 Å². The molecule has 0 unspecified atom stereocenters. The van der Waals surface area contributed by atoms with Crippen molar-refractivity contribution in [3.63, 3.8) is 0 Å². The summed E-state index contributed by atoms with van der Waals surface area (Å²) in [6, 6.07) is 6.10. The van der Waals surface area contributed by atoms with Crippen LogP contribution in [0.1, 0.15) is 23.9 Å². The number of aliphatic imine (C=N–C) groups is 1. The molecule has 0 saturated carbocycles. The van der Waals surface area contributed by atoms with Gasteiger partial charge in [-0.15, -0.1) is 0 Å². The van der Waals surface area contributed by atoms with E-state index in [1.165, 1.54) is 5.56 Å². The highest BCUT2D eigenvalue weighted by Crippen LogP contribution is 2.10. The maximum atomic E-state index is 4.70. The predicted molar refractivity (Wildman–Crippen MR) is 99.7 cm³/mol. The minimum atomic E-state index is 0.597. The summed E-state index contributed by atoms with van der Waals surface area (Å²) in [5.41, 5.74) is 4.36. The normalized spacial score (nSPS) is 11.9. The van der Waals surface area contributed by atoms with E-state index < -0.39 is 0 Å². The fraction of sp³-hybridized carbons (Fsp3) is 0.389. The number of fused-ring (bicyclic) bond motifs is 1. The first kappa shape index (κ1) is 17.0. The molecule has 0 fully saturated rings. The molecule has 0 aromatic carbocycles. The quantitative estimate of drug-likeness (QED) is 0.529. The van der Waals surface area contributed by atoms with Gasteiger partial charge in [0.15, 0.2) is 5.96 Å². The third kappa shape index (κ3) is 4.17. The van der Waals surface area contributed by atoms with Gasteiger partial charge in [-0.1, -0.05) is 6.07 Å². The van der Waals surface area contributed by atoms with Crippen molar-refractivity contribution in [1.29, 1.82) is 0 Å². The molecule has 3 aromatic heterocycles. The molecule has 3 aromatic rings. The van der Waals surface area contributed by atoms with Crippen molar-refractivity contribution in [3.05, 3.63) is 53.7 Å². The first-order valence-electron chi connectivity index (χ1n) is 8.59. The van der Waals surface area contributed by atoms with E-state index in [9.17, 15) is 0 Å². The van der Waals surface area contributed by atoms with Crippen LogP contribution in [0.4, 0.5) is 0 Å². The molecule has 132 valence electrons. The summed E-state index contributed by atoms with van der Waals surface area (Å²) in [6.45, 7) is 6.34. The molecule has 0 spiro atoms. The molecule has 3 heterocycles. The van der Waals surface area contributed by atoms with Crippen molar-refractivity contribution in [2.45, 2.75) is 26.8 Å². The first-order chi connectivity index (χ1) is 12.2. The van der Waals surface area contributed by atoms with Crippen LogP contribution >= 0.6 is 0 Å². The lowest BCUT2D eigenvalue weighted by Gasteiger charge is -2.10. The molecule has 0 amide bonds. The molecule has 0 atom stereocenters. The molecule has 0 saturated heterocycles. The van der Waals surface area contributed by atoms with Gasteiger partial charge in [0.05, 0.1) is 17.9 Å². The van der Waals surface area contributed by atoms with Crippen molar-refractivity contribution in [2.75, 3.05) is 13.1 Å². The monoisotopic (exact) mass is 339 g/mol. The predicted octanol–water partition coefficient (Wildman–Crippen LogP) is 1.67. The van der Waals surface area contributed by atoms with Crippen LogP contribution < -0.4 is 10.6 Å². The summed E-state index contributed by atoms with van der Waals surface area (Å²) in [7, 11) is 1.93. The topological polar surface area (TPSA) is 71.5 Å². The lowest BCUT2D eigenvalue weighted by atomic mass is 10.3. The molecular weight excluding hydrogens is 314 g/mol. The smallest absolute Gasteiger partial charge is 0.191 e. The van der Waals surface area contributed by atoms with E-state index in [0.717, 1.165) is 42.5 Å². The minimum absolute atomic E-state index is 0.597. The van der Waals surface area contributed by atoms with Crippen molar-refractivity contribution in [3.8, 4) is 0 Å². The number of aryl methyl sites for hydroxylation is 2. The second-order valence-electron chi connectivity index (χ2n) is 5.97. The van der Waals surface area contributed by atoms with Crippen LogP contribution in [0.25, 0.3) is 5.65 Å². The van der Waals surface area contributed by atoms with Crippen LogP contribution in [0.2, 0.25) is 0 Å². The zero-order valence-corrected chi connectivity index (χ0v) is 15.0. The summed E-state index contributed by atoms with van der Waals surface area (Å²) in [5, 5.41) is 10.8. The summed E-state index contributed by atoms with van der Waals surface area (Å²) in [6.07, 6.45) is 6.75. The number of hydrogen-bond donors (Lipinski definition) is 2. The largest absolute Gasteiger partial charge is 0.357 e. The third-order valence-electron chi connectivity index (χ3n) is 4.07. The molecule has 0 aliphatic carbocycles. The van der Waals surface area contributed by atoms with Crippen LogP contribution in [0.5, 0.6) is 0 Å². The number of pyridine rings is 1. The van der Waals surface area contributed by atoms with E-state index in [0.29, 0.717) is 6.54 Å². The SMILES string of the molecule is CCNC(=NCc1ccnn1C)NCCc1cn2cccc(C)c2n1. The van der Waals surface area contributed by atoms with Gasteiger partial charge in [-0.3, -0.25) is 4.68 Å². The Morgan fingerprint density at radius 1 is 1.28 bits per heavy atom. The van der Waals surface area contributed by atoms with Gasteiger partial charge in [-0.25, -0.2) is 9.98 Å². The van der Waals surface area contributed by atoms with Crippen molar-refractivity contribution < 1.29 is 0 Å². The number of rotatable bonds is 6. The van der Waals surface area contributed by atoms with Gasteiger partial charge in [-0.2, -0.15) is 5.10 Å². The van der Waals surface area contributed by atoms with Crippen molar-refractivity contribution in [1.82, 2.24) is 29.8 Å². The van der Waals surface area contributed by atoms with E-state index in [4.69, 9.17) is 4.98 Å². The molecule has 0 bridgehead atoms. The second-order valence-corrected chi connectivity index (χ2v) is 5.97. The summed E-state index contributed by atoms with van der Waals surface area (Å²) >= 11 is 0. The minimum Gasteiger partial charge on any atom is -0.357 e. The fourth-order valence-electron chi connectivity index (χ4n) is 2.69. The Morgan fingerprint density at radius 3 is 2.88 bits per heavy atom. The van der Waals surface area contributed by atoms with Crippen LogP contribution in [0, 0.1) is 6.92 Å². The number of nitrogens with one attached hydrogen (secondary N) is 2. The Hall–Kier alpha value is -2.83. The lowest BCUT2D eigenvalue weighted by molar-refractivity contribution is 0.706. The van der Waals surface area contributed by atoms with Gasteiger partial charge in [0.25, 0.3) is 0 Å². The summed E-state index contributed by atoms with van der Waals surface area (Å²) < 4.78 is 3.92. The van der Waals surface area contributed by atoms with E-state index in [2.05, 4.69) is 51.2 Å². The number of hydrogen-bond acceptors (Lipinski definition) is 3. The van der Waals surface area contributed by atoms with Gasteiger partial charge in [0.1, 0.15) is 5.65 Å². The second kappa shape index (κ2) is 7.83. The van der Waals surface area contributed by atoms with E-state index in [1.54, 1.807) is 6.20 Å². The number of aromatic nitrogens is 4. The first-order valence-corrected chi connectivity index (χ1v) is 8.59. The molecule has 0 radical (unpaired) electrons. The highest BCUT2D eigenvalue weighted by Gasteiger charge is 2.05. The molecule has 3 rings (SSSR count). The van der Waals surface area contributed by atoms with Gasteiger partial charge in [0, 0.05) is 45.1 Å². The molecule has 0 aliphatic rings. The van der Waals surface area contributed by atoms with Crippen LogP contribution in [0.15, 0.2) is 41.8 Å². The Labute approximate surface area is 147 Å². The molecule has 7 heteroatoms. The van der Waals surface area contributed by atoms with E-state index in [-0.39, 0.29) is 0 Å². The molecule has 0 aliphatic heterocycles. The zero-order valence-electron chi connectivity index (χ0n) is 15.0. The third-order valence-corrected chi connectivity index (χ3v) is 4.07. The Balaban J connectivity index is 1.59. The van der Waals surface area contributed by atoms with Gasteiger partial charge >= 0.3 is 0 Å². The Morgan fingerprint density at radius 2 is 2.16 bits per heavy atom. The lowest BCUT2D eigenvalue weighted by Crippen LogP contribution is -2.38. The maximum Gasteiger partial charge on any atom is 0.191 e. The average Bonchev–Trinajstić information content (AvgIpc) is 3.19. The fourth-order valence-corrected chi connectivity index (χ4v) is 2.69. The number of nitrogens with zero attached hydrogens (tertiary/aromatic N) is 5. The van der Waals surface area contributed by atoms with Crippen LogP contribution in [0.3, 0.4) is 0 Å². The summed E-state index contributed by atoms with van der Waals surface area (Å²) in [4.78, 5) is 9.32. The van der Waals surface area contributed by atoms with Crippen molar-refractivity contribution in [2.24, 2.45) is 12.0 Å². The van der Waals surface area contributed by atoms with Crippen LogP contribution in [-0.2, 0) is 20.0 Å². The van der Waals surface area contributed by atoms with Crippen LogP contribution in [-0.4, -0.2) is 38.2 Å². The highest BCUT2D eigenvalue weighted by molar-refractivity contribution is 5.79. The highest BCUT2D eigenvalue weighted by atomic mass is 15.3. The van der Waals surface area contributed by atoms with Gasteiger partial charge < -0.3 is 15.0 Å². The van der Waals surface area contributed by atoms with Gasteiger partial charge in [-0.05, 0) is 31.5 Å². The van der Waals surface area contributed by atoms with E-state index in [1.807, 2.05) is 30.1 Å². The van der Waals surface area contributed by atoms with E-state index >= 15 is 0 Å². The molecular formula is C18H25N7. The number of guanidine groups is 1. The number of imidazole rings is 1. The Bertz CT molecular complexity index is 859. The molecule has 2 N–H and O–H groups in total. The Kier molecular flexibility index (Phi) is 5.33.